The molecule has 0 unspecified atom stereocenters. The van der Waals surface area contributed by atoms with E-state index in [1.807, 2.05) is 0 Å². The first-order chi connectivity index (χ1) is 72.0. The van der Waals surface area contributed by atoms with Crippen LogP contribution in [0.15, 0.2) is 382 Å². The minimum absolute atomic E-state index is 0.0181. The van der Waals surface area contributed by atoms with Gasteiger partial charge in [-0.25, -0.2) is 0 Å². The van der Waals surface area contributed by atoms with Crippen molar-refractivity contribution in [2.24, 2.45) is 0 Å². The van der Waals surface area contributed by atoms with Crippen LogP contribution in [0.5, 0.6) is 0 Å². The summed E-state index contributed by atoms with van der Waals surface area (Å²) in [4.78, 5) is 9.86. The van der Waals surface area contributed by atoms with Crippen LogP contribution < -0.4 is 19.6 Å². The summed E-state index contributed by atoms with van der Waals surface area (Å²) in [5, 5.41) is 2.72. The number of hydrogen-bond acceptors (Lipinski definition) is 4. The van der Waals surface area contributed by atoms with Crippen LogP contribution in [0.2, 0.25) is 0 Å². The van der Waals surface area contributed by atoms with E-state index in [9.17, 15) is 0 Å². The van der Waals surface area contributed by atoms with Gasteiger partial charge < -0.3 is 19.6 Å². The first-order valence-corrected chi connectivity index (χ1v) is 56.3. The zero-order valence-electron chi connectivity index (χ0n) is 87.8. The lowest BCUT2D eigenvalue weighted by Crippen LogP contribution is -2.26. The second-order valence-electron chi connectivity index (χ2n) is 42.9. The summed E-state index contributed by atoms with van der Waals surface area (Å²) >= 11 is 0. The standard InChI is InChI=1S/C142H148N4/c1-8-14-20-37-93-140(94-38-21-15-9-2)134-50-34-31-47-127(134)130-90-86-121(100-137(130)140)143(7)113-72-57-105(58-73-113)103-53-55-104(56-54-103)106-63-80-119(81-64-106)146(123-88-92-132-129-49-33-36-52-136(129)142(139(132)102-123,97-41-24-18-12-5)98-42-25-19-13-6)120-82-67-110(68-83-120)108-61-76-116(77-62-108)144(117-84-69-111(70-85-117)133-99-112-71-89-124(112)125-45-29-30-46-126(125)133)115-74-59-107(60-75-115)109-65-78-118(79-66-109)145(114-43-27-26-28-44-114)122-87-91-131-128-48-32-35-51-135(128)141(138(131)101-122,95-39-22-16-10-3)96-40-23-17-11-4/h26-36,43-70,72-88,90-92,99-102H,8-25,37-42,71,89,93-98H2,1-7H3. The van der Waals surface area contributed by atoms with Gasteiger partial charge in [-0.05, 0) is 329 Å². The van der Waals surface area contributed by atoms with E-state index in [4.69, 9.17) is 0 Å². The highest BCUT2D eigenvalue weighted by Gasteiger charge is 2.46. The molecule has 0 amide bonds. The minimum Gasteiger partial charge on any atom is -0.345 e. The molecule has 146 heavy (non-hydrogen) atoms. The van der Waals surface area contributed by atoms with Gasteiger partial charge in [-0.1, -0.05) is 444 Å². The van der Waals surface area contributed by atoms with Gasteiger partial charge in [-0.15, -0.1) is 0 Å². The van der Waals surface area contributed by atoms with Gasteiger partial charge in [0.15, 0.2) is 0 Å². The largest absolute Gasteiger partial charge is 0.345 e. The topological polar surface area (TPSA) is 13.0 Å². The van der Waals surface area contributed by atoms with Crippen LogP contribution in [0, 0.1) is 0 Å². The van der Waals surface area contributed by atoms with E-state index in [-0.39, 0.29) is 16.2 Å². The number of anilines is 11. The van der Waals surface area contributed by atoms with Crippen LogP contribution in [-0.4, -0.2) is 7.05 Å². The molecule has 4 aliphatic rings. The number of para-hydroxylation sites is 1. The molecular weight excluding hydrogens is 1760 g/mol. The number of nitrogens with zero attached hydrogens (tertiary/aromatic N) is 4. The van der Waals surface area contributed by atoms with Gasteiger partial charge >= 0.3 is 0 Å². The first kappa shape index (κ1) is 98.2. The van der Waals surface area contributed by atoms with Crippen LogP contribution in [0.4, 0.5) is 62.6 Å². The zero-order valence-corrected chi connectivity index (χ0v) is 87.8. The Morgan fingerprint density at radius 3 is 0.726 bits per heavy atom. The number of aryl methyl sites for hydroxylation is 2. The second-order valence-corrected chi connectivity index (χ2v) is 42.9. The third-order valence-corrected chi connectivity index (χ3v) is 33.8. The van der Waals surface area contributed by atoms with Crippen molar-refractivity contribution in [2.45, 2.75) is 263 Å². The summed E-state index contributed by atoms with van der Waals surface area (Å²) < 4.78 is 0. The van der Waals surface area contributed by atoms with E-state index in [1.165, 1.54) is 336 Å². The molecule has 0 saturated heterocycles. The van der Waals surface area contributed by atoms with Gasteiger partial charge in [0.25, 0.3) is 0 Å². The lowest BCUT2D eigenvalue weighted by atomic mass is 9.70. The molecule has 0 heterocycles. The third-order valence-electron chi connectivity index (χ3n) is 33.8. The molecule has 0 N–H and O–H groups in total. The molecule has 0 saturated carbocycles. The maximum absolute atomic E-state index is 2.61. The highest BCUT2D eigenvalue weighted by Crippen LogP contribution is 2.60. The Morgan fingerprint density at radius 1 is 0.178 bits per heavy atom. The Bertz CT molecular complexity index is 7260. The molecule has 0 atom stereocenters. The number of fused-ring (bicyclic) bond motifs is 12. The maximum Gasteiger partial charge on any atom is 0.0465 e. The number of rotatable bonds is 46. The lowest BCUT2D eigenvalue weighted by Gasteiger charge is -2.34. The summed E-state index contributed by atoms with van der Waals surface area (Å²) in [5.41, 5.74) is 45.3. The summed E-state index contributed by atoms with van der Waals surface area (Å²) in [7, 11) is 2.25. The van der Waals surface area contributed by atoms with Gasteiger partial charge in [0.2, 0.25) is 0 Å². The van der Waals surface area contributed by atoms with Crippen molar-refractivity contribution in [3.8, 4) is 89.0 Å². The molecule has 0 radical (unpaired) electrons. The molecule has 4 nitrogen and oxygen atoms in total. The maximum atomic E-state index is 2.61. The van der Waals surface area contributed by atoms with Crippen LogP contribution in [0.1, 0.15) is 279 Å². The van der Waals surface area contributed by atoms with Crippen LogP contribution in [-0.2, 0) is 29.1 Å². The molecule has 0 aromatic heterocycles. The van der Waals surface area contributed by atoms with E-state index >= 15 is 0 Å². The summed E-state index contributed by atoms with van der Waals surface area (Å²) in [5.74, 6) is 0. The predicted octanol–water partition coefficient (Wildman–Crippen LogP) is 42.1. The molecule has 0 aliphatic heterocycles. The molecule has 17 aromatic carbocycles. The van der Waals surface area contributed by atoms with Gasteiger partial charge in [-0.2, -0.15) is 0 Å². The van der Waals surface area contributed by atoms with Crippen molar-refractivity contribution in [1.29, 1.82) is 0 Å². The highest BCUT2D eigenvalue weighted by atomic mass is 15.2. The van der Waals surface area contributed by atoms with Crippen molar-refractivity contribution in [1.82, 2.24) is 0 Å². The molecule has 17 aromatic rings. The Hall–Kier alpha value is -13.8. The fourth-order valence-electron chi connectivity index (χ4n) is 25.9. The average molecular weight is 1910 g/mol. The molecule has 4 heteroatoms. The summed E-state index contributed by atoms with van der Waals surface area (Å²) in [6.45, 7) is 14.0. The smallest absolute Gasteiger partial charge is 0.0465 e. The Balaban J connectivity index is 0.581. The Morgan fingerprint density at radius 2 is 0.418 bits per heavy atom. The monoisotopic (exact) mass is 1910 g/mol. The predicted molar refractivity (Wildman–Crippen MR) is 628 cm³/mol. The number of unbranched alkanes of at least 4 members (excludes halogenated alkanes) is 18. The van der Waals surface area contributed by atoms with E-state index in [2.05, 4.69) is 450 Å². The van der Waals surface area contributed by atoms with Gasteiger partial charge in [0.1, 0.15) is 0 Å². The number of hydrogen-bond donors (Lipinski definition) is 0. The SMILES string of the molecule is CCCCCCC1(CCCCCC)c2ccccc2-c2ccc(N(C)c3ccc(-c4ccc(-c5ccc(N(c6ccc(-c7ccc(N(c8ccc(-c9ccc(N(c%10ccccc%10)c%10ccc%11c(c%10)C(CCCCCC)(CCCCCC)c%10ccccc%10-%11)cc9)cc8)c8ccc(-c9cc%10c(c%11ccccc9%11)CC%10)cc8)cc7)cc6)c6ccc7c(c6)C(CCCCCC)(CCCCCC)c6ccccc6-7)cc5)cc4)cc3)cc21. The highest BCUT2D eigenvalue weighted by molar-refractivity contribution is 6.01. The van der Waals surface area contributed by atoms with E-state index < -0.39 is 0 Å². The molecule has 0 spiro atoms. The summed E-state index contributed by atoms with van der Waals surface area (Å²) in [6, 6.07) is 148. The quantitative estimate of drug-likeness (QED) is 0.0353. The van der Waals surface area contributed by atoms with Crippen molar-refractivity contribution in [3.05, 3.63) is 427 Å². The normalized spacial score (nSPS) is 13.4. The second kappa shape index (κ2) is 45.0. The number of benzene rings is 17. The van der Waals surface area contributed by atoms with Crippen LogP contribution in [0.3, 0.4) is 0 Å². The zero-order chi connectivity index (χ0) is 99.3. The van der Waals surface area contributed by atoms with Crippen molar-refractivity contribution in [2.75, 3.05) is 26.6 Å². The molecule has 4 aliphatic carbocycles. The molecule has 0 fully saturated rings. The third kappa shape index (κ3) is 19.7. The average Bonchev–Trinajstić information content (AvgIpc) is 1.57. The van der Waals surface area contributed by atoms with Gasteiger partial charge in [-0.3, -0.25) is 0 Å². The van der Waals surface area contributed by atoms with Gasteiger partial charge in [0.05, 0.1) is 0 Å². The van der Waals surface area contributed by atoms with Gasteiger partial charge in [0, 0.05) is 85.9 Å². The first-order valence-electron chi connectivity index (χ1n) is 56.3. The van der Waals surface area contributed by atoms with Crippen LogP contribution in [0.25, 0.3) is 99.8 Å². The Kier molecular flexibility index (Phi) is 30.3. The molecule has 736 valence electrons. The molecule has 21 rings (SSSR count). The fraction of sp³-hybridized carbons (Fsp3) is 0.296. The molecular formula is C142H148N4. The lowest BCUT2D eigenvalue weighted by molar-refractivity contribution is 0.401. The van der Waals surface area contributed by atoms with E-state index in [1.54, 1.807) is 5.56 Å². The minimum atomic E-state index is -0.0697. The van der Waals surface area contributed by atoms with E-state index in [0.29, 0.717) is 0 Å². The Labute approximate surface area is 872 Å². The fourth-order valence-corrected chi connectivity index (χ4v) is 25.9. The molecule has 0 bridgehead atoms. The van der Waals surface area contributed by atoms with E-state index in [0.717, 1.165) is 71.1 Å². The van der Waals surface area contributed by atoms with Crippen molar-refractivity contribution in [3.63, 3.8) is 0 Å². The van der Waals surface area contributed by atoms with Crippen molar-refractivity contribution < 1.29 is 0 Å². The summed E-state index contributed by atoms with van der Waals surface area (Å²) in [6.07, 6.45) is 39.6. The van der Waals surface area contributed by atoms with Crippen LogP contribution >= 0.6 is 0 Å². The van der Waals surface area contributed by atoms with Crippen molar-refractivity contribution >= 4 is 73.3 Å².